The van der Waals surface area contributed by atoms with Crippen molar-refractivity contribution < 1.29 is 4.79 Å². The number of aryl methyl sites for hydroxylation is 1. The van der Waals surface area contributed by atoms with E-state index in [-0.39, 0.29) is 5.92 Å². The van der Waals surface area contributed by atoms with Crippen molar-refractivity contribution in [3.05, 3.63) is 46.2 Å². The summed E-state index contributed by atoms with van der Waals surface area (Å²) >= 11 is 1.59. The summed E-state index contributed by atoms with van der Waals surface area (Å²) in [5, 5.41) is 2.04. The van der Waals surface area contributed by atoms with E-state index in [9.17, 15) is 4.79 Å². The van der Waals surface area contributed by atoms with Crippen LogP contribution in [0.2, 0.25) is 0 Å². The molecule has 2 atom stereocenters. The first kappa shape index (κ1) is 15.7. The molecule has 1 amide bonds. The van der Waals surface area contributed by atoms with Gasteiger partial charge in [0, 0.05) is 36.8 Å². The highest BCUT2D eigenvalue weighted by Gasteiger charge is 2.40. The van der Waals surface area contributed by atoms with Gasteiger partial charge in [-0.3, -0.25) is 14.7 Å². The molecule has 24 heavy (non-hydrogen) atoms. The van der Waals surface area contributed by atoms with Crippen molar-refractivity contribution in [3.8, 4) is 0 Å². The number of piperidine rings is 1. The smallest absolute Gasteiger partial charge is 0.227 e. The Kier molecular flexibility index (Phi) is 4.33. The molecule has 5 rings (SSSR count). The Morgan fingerprint density at radius 2 is 2.12 bits per heavy atom. The lowest BCUT2D eigenvalue weighted by molar-refractivity contribution is -0.140. The van der Waals surface area contributed by atoms with E-state index in [0.29, 0.717) is 18.5 Å². The molecular formula is C18H22N4OS. The number of fused-ring (bicyclic) bond motifs is 4. The first-order chi connectivity index (χ1) is 11.7. The summed E-state index contributed by atoms with van der Waals surface area (Å²) in [7, 11) is 0. The van der Waals surface area contributed by atoms with Crippen molar-refractivity contribution in [2.45, 2.75) is 38.9 Å². The monoisotopic (exact) mass is 342 g/mol. The number of nitrogens with zero attached hydrogens (tertiary/aromatic N) is 4. The molecule has 3 aliphatic heterocycles. The summed E-state index contributed by atoms with van der Waals surface area (Å²) in [6, 6.07) is 6.45. The standard InChI is InChI=1S/C18H22N4OS/c1-13-3-2-4-15(20-13)8-21-7-14-5-6-17(10-21)22(18(14)23)9-16-11-24-12-19-16/h2-4,11-12,14,17H,5-10H2,1H3/t14-,17+/m1/s1. The van der Waals surface area contributed by atoms with Crippen LogP contribution in [0.25, 0.3) is 0 Å². The van der Waals surface area contributed by atoms with Crippen molar-refractivity contribution in [1.29, 1.82) is 0 Å². The van der Waals surface area contributed by atoms with Gasteiger partial charge < -0.3 is 4.90 Å². The minimum atomic E-state index is 0.118. The molecular weight excluding hydrogens is 320 g/mol. The van der Waals surface area contributed by atoms with E-state index in [1.54, 1.807) is 11.3 Å². The minimum absolute atomic E-state index is 0.118. The molecule has 0 aromatic carbocycles. The van der Waals surface area contributed by atoms with E-state index in [1.807, 2.05) is 23.9 Å². The second-order valence-electron chi connectivity index (χ2n) is 6.84. The zero-order valence-corrected chi connectivity index (χ0v) is 14.7. The molecule has 0 N–H and O–H groups in total. The van der Waals surface area contributed by atoms with E-state index < -0.39 is 0 Å². The Morgan fingerprint density at radius 1 is 1.21 bits per heavy atom. The Labute approximate surface area is 146 Å². The zero-order valence-electron chi connectivity index (χ0n) is 13.9. The molecule has 5 nitrogen and oxygen atoms in total. The maximum atomic E-state index is 12.8. The number of amides is 1. The highest BCUT2D eigenvalue weighted by atomic mass is 32.1. The van der Waals surface area contributed by atoms with Crippen LogP contribution in [0.3, 0.4) is 0 Å². The van der Waals surface area contributed by atoms with Crippen LogP contribution >= 0.6 is 11.3 Å². The molecule has 3 saturated heterocycles. The predicted molar refractivity (Wildman–Crippen MR) is 93.4 cm³/mol. The SMILES string of the molecule is Cc1cccc(CN2C[C@H]3CC[C@@H](C2)N(Cc2cscn2)C3=O)n1. The van der Waals surface area contributed by atoms with E-state index in [2.05, 4.69) is 31.9 Å². The maximum Gasteiger partial charge on any atom is 0.227 e. The number of pyridine rings is 1. The van der Waals surface area contributed by atoms with Gasteiger partial charge in [-0.25, -0.2) is 4.98 Å². The topological polar surface area (TPSA) is 49.3 Å². The molecule has 0 saturated carbocycles. The molecule has 2 aromatic heterocycles. The van der Waals surface area contributed by atoms with Crippen molar-refractivity contribution in [2.24, 2.45) is 5.92 Å². The second kappa shape index (κ2) is 6.61. The molecule has 6 heteroatoms. The van der Waals surface area contributed by atoms with Crippen LogP contribution in [-0.4, -0.2) is 44.8 Å². The lowest BCUT2D eigenvalue weighted by atomic mass is 9.94. The van der Waals surface area contributed by atoms with Gasteiger partial charge in [0.1, 0.15) is 0 Å². The van der Waals surface area contributed by atoms with E-state index >= 15 is 0 Å². The summed E-state index contributed by atoms with van der Waals surface area (Å²) in [5.41, 5.74) is 4.99. The van der Waals surface area contributed by atoms with E-state index in [1.165, 1.54) is 0 Å². The molecule has 126 valence electrons. The minimum Gasteiger partial charge on any atom is -0.332 e. The second-order valence-corrected chi connectivity index (χ2v) is 7.56. The average molecular weight is 342 g/mol. The van der Waals surface area contributed by atoms with Crippen LogP contribution < -0.4 is 0 Å². The Hall–Kier alpha value is -1.79. The van der Waals surface area contributed by atoms with Gasteiger partial charge in [0.2, 0.25) is 5.91 Å². The van der Waals surface area contributed by atoms with Gasteiger partial charge in [-0.2, -0.15) is 0 Å². The lowest BCUT2D eigenvalue weighted by Crippen LogP contribution is -2.47. The predicted octanol–water partition coefficient (Wildman–Crippen LogP) is 2.47. The van der Waals surface area contributed by atoms with Crippen molar-refractivity contribution in [3.63, 3.8) is 0 Å². The van der Waals surface area contributed by atoms with Crippen molar-refractivity contribution >= 4 is 17.2 Å². The fourth-order valence-corrected chi connectivity index (χ4v) is 4.42. The normalized spacial score (nSPS) is 24.4. The van der Waals surface area contributed by atoms with Gasteiger partial charge in [0.05, 0.1) is 29.4 Å². The van der Waals surface area contributed by atoms with Crippen LogP contribution in [-0.2, 0) is 17.9 Å². The van der Waals surface area contributed by atoms with Crippen LogP contribution in [0.4, 0.5) is 0 Å². The number of hydrogen-bond donors (Lipinski definition) is 0. The molecule has 0 spiro atoms. The Morgan fingerprint density at radius 3 is 2.92 bits per heavy atom. The van der Waals surface area contributed by atoms with Crippen LogP contribution in [0.1, 0.15) is 29.9 Å². The third kappa shape index (κ3) is 3.21. The summed E-state index contributed by atoms with van der Waals surface area (Å²) in [6.07, 6.45) is 2.10. The number of carbonyl (C=O) groups excluding carboxylic acids is 1. The number of carbonyl (C=O) groups is 1. The molecule has 0 aliphatic carbocycles. The number of thiazole rings is 1. The maximum absolute atomic E-state index is 12.8. The summed E-state index contributed by atoms with van der Waals surface area (Å²) in [4.78, 5) is 26.3. The first-order valence-electron chi connectivity index (χ1n) is 8.51. The number of aromatic nitrogens is 2. The third-order valence-corrected chi connectivity index (χ3v) is 5.65. The molecule has 0 radical (unpaired) electrons. The van der Waals surface area contributed by atoms with Crippen molar-refractivity contribution in [1.82, 2.24) is 19.8 Å². The van der Waals surface area contributed by atoms with Crippen LogP contribution in [0, 0.1) is 12.8 Å². The van der Waals surface area contributed by atoms with Gasteiger partial charge in [-0.05, 0) is 31.9 Å². The zero-order chi connectivity index (χ0) is 16.5. The average Bonchev–Trinajstić information content (AvgIpc) is 2.94. The lowest BCUT2D eigenvalue weighted by Gasteiger charge is -2.35. The van der Waals surface area contributed by atoms with Crippen LogP contribution in [0.15, 0.2) is 29.1 Å². The molecule has 0 unspecified atom stereocenters. The van der Waals surface area contributed by atoms with Crippen molar-refractivity contribution in [2.75, 3.05) is 13.1 Å². The van der Waals surface area contributed by atoms with Gasteiger partial charge >= 0.3 is 0 Å². The fourth-order valence-electron chi connectivity index (χ4n) is 3.87. The summed E-state index contributed by atoms with van der Waals surface area (Å²) in [6.45, 7) is 5.28. The van der Waals surface area contributed by atoms with Crippen LogP contribution in [0.5, 0.6) is 0 Å². The molecule has 3 fully saturated rings. The molecule has 2 bridgehead atoms. The Bertz CT molecular complexity index is 718. The molecule has 5 heterocycles. The van der Waals surface area contributed by atoms with Gasteiger partial charge in [-0.15, -0.1) is 11.3 Å². The van der Waals surface area contributed by atoms with E-state index in [0.717, 1.165) is 49.6 Å². The first-order valence-corrected chi connectivity index (χ1v) is 9.46. The van der Waals surface area contributed by atoms with Gasteiger partial charge in [0.25, 0.3) is 0 Å². The van der Waals surface area contributed by atoms with Gasteiger partial charge in [-0.1, -0.05) is 6.07 Å². The third-order valence-electron chi connectivity index (χ3n) is 5.02. The largest absolute Gasteiger partial charge is 0.332 e. The molecule has 3 aliphatic rings. The highest BCUT2D eigenvalue weighted by Crippen LogP contribution is 2.30. The summed E-state index contributed by atoms with van der Waals surface area (Å²) < 4.78 is 0. The fraction of sp³-hybridized carbons (Fsp3) is 0.500. The van der Waals surface area contributed by atoms with E-state index in [4.69, 9.17) is 0 Å². The molecule has 2 aromatic rings. The van der Waals surface area contributed by atoms with Gasteiger partial charge in [0.15, 0.2) is 0 Å². The number of rotatable bonds is 4. The highest BCUT2D eigenvalue weighted by molar-refractivity contribution is 7.07. The quantitative estimate of drug-likeness (QED) is 0.856. The number of hydrogen-bond acceptors (Lipinski definition) is 5. The summed E-state index contributed by atoms with van der Waals surface area (Å²) in [5.74, 6) is 0.422. The Balaban J connectivity index is 1.50.